The van der Waals surface area contributed by atoms with Crippen LogP contribution in [0.5, 0.6) is 5.75 Å². The quantitative estimate of drug-likeness (QED) is 0.701. The number of amides is 1. The van der Waals surface area contributed by atoms with Gasteiger partial charge in [-0.3, -0.25) is 9.69 Å². The molecule has 3 heterocycles. The van der Waals surface area contributed by atoms with E-state index in [0.29, 0.717) is 6.54 Å². The van der Waals surface area contributed by atoms with Gasteiger partial charge in [-0.25, -0.2) is 0 Å². The van der Waals surface area contributed by atoms with E-state index in [2.05, 4.69) is 39.4 Å². The van der Waals surface area contributed by atoms with Crippen molar-refractivity contribution in [3.8, 4) is 5.75 Å². The number of hydrogen-bond acceptors (Lipinski definition) is 5. The fourth-order valence-corrected chi connectivity index (χ4v) is 5.53. The minimum Gasteiger partial charge on any atom is -0.497 e. The van der Waals surface area contributed by atoms with Gasteiger partial charge in [-0.1, -0.05) is 29.8 Å². The van der Waals surface area contributed by atoms with Crippen molar-refractivity contribution in [1.29, 1.82) is 0 Å². The maximum absolute atomic E-state index is 13.4. The third-order valence-corrected chi connectivity index (χ3v) is 7.45. The summed E-state index contributed by atoms with van der Waals surface area (Å²) in [5.41, 5.74) is 3.66. The molecule has 0 saturated carbocycles. The van der Waals surface area contributed by atoms with E-state index < -0.39 is 0 Å². The number of benzene rings is 2. The van der Waals surface area contributed by atoms with Crippen LogP contribution in [0.15, 0.2) is 42.5 Å². The predicted molar refractivity (Wildman–Crippen MR) is 130 cm³/mol. The summed E-state index contributed by atoms with van der Waals surface area (Å²) >= 11 is 6.06. The van der Waals surface area contributed by atoms with Crippen molar-refractivity contribution in [2.75, 3.05) is 44.8 Å². The highest BCUT2D eigenvalue weighted by atomic mass is 35.5. The monoisotopic (exact) mass is 469 g/mol. The molecular weight excluding hydrogens is 438 g/mol. The van der Waals surface area contributed by atoms with E-state index in [1.165, 1.54) is 16.8 Å². The van der Waals surface area contributed by atoms with Gasteiger partial charge >= 0.3 is 0 Å². The molecule has 2 fully saturated rings. The summed E-state index contributed by atoms with van der Waals surface area (Å²) < 4.78 is 11.2. The van der Waals surface area contributed by atoms with Crippen LogP contribution in [0, 0.1) is 5.92 Å². The second kappa shape index (κ2) is 9.92. The highest BCUT2D eigenvalue weighted by Gasteiger charge is 2.41. The van der Waals surface area contributed by atoms with E-state index in [-0.39, 0.29) is 24.0 Å². The molecule has 2 aromatic carbocycles. The number of piperazine rings is 1. The fourth-order valence-electron chi connectivity index (χ4n) is 5.41. The fraction of sp³-hybridized carbons (Fsp3) is 0.500. The average Bonchev–Trinajstić information content (AvgIpc) is 3.37. The minimum absolute atomic E-state index is 0.0969. The number of anilines is 1. The van der Waals surface area contributed by atoms with Crippen molar-refractivity contribution < 1.29 is 14.3 Å². The Hall–Kier alpha value is -2.28. The molecule has 176 valence electrons. The van der Waals surface area contributed by atoms with Gasteiger partial charge in [0.1, 0.15) is 5.75 Å². The van der Waals surface area contributed by atoms with E-state index in [4.69, 9.17) is 21.1 Å². The molecule has 3 aliphatic rings. The Bertz CT molecular complexity index is 977. The molecule has 5 rings (SSSR count). The highest BCUT2D eigenvalue weighted by molar-refractivity contribution is 6.30. The standard InChI is InChI=1S/C26H32ClN3O3/c1-32-21-9-6-19-13-23(26(31)28-15-22-3-2-12-33-22)25-17-29(10-11-30(25)24(19)14-21)16-18-4-7-20(27)8-5-18/h4-9,14,22-23,25H,2-3,10-13,15-17H2,1H3,(H,28,31)/t22-,23-,25+/m0/s1. The van der Waals surface area contributed by atoms with Crippen molar-refractivity contribution >= 4 is 23.2 Å². The second-order valence-electron chi connectivity index (χ2n) is 9.31. The van der Waals surface area contributed by atoms with Crippen LogP contribution in [0.25, 0.3) is 0 Å². The molecule has 1 amide bonds. The molecule has 2 aromatic rings. The van der Waals surface area contributed by atoms with Crippen LogP contribution in [0.1, 0.15) is 24.0 Å². The summed E-state index contributed by atoms with van der Waals surface area (Å²) in [5, 5.41) is 3.96. The summed E-state index contributed by atoms with van der Waals surface area (Å²) in [7, 11) is 1.70. The van der Waals surface area contributed by atoms with E-state index in [9.17, 15) is 4.79 Å². The second-order valence-corrected chi connectivity index (χ2v) is 9.74. The molecule has 0 bridgehead atoms. The number of methoxy groups -OCH3 is 1. The molecule has 3 aliphatic heterocycles. The molecule has 7 heteroatoms. The number of fused-ring (bicyclic) bond motifs is 3. The first-order valence-corrected chi connectivity index (χ1v) is 12.3. The molecule has 2 saturated heterocycles. The zero-order chi connectivity index (χ0) is 22.8. The van der Waals surface area contributed by atoms with E-state index in [1.54, 1.807) is 7.11 Å². The Morgan fingerprint density at radius 3 is 2.82 bits per heavy atom. The molecule has 1 N–H and O–H groups in total. The normalized spacial score (nSPS) is 24.8. The third kappa shape index (κ3) is 4.98. The molecule has 0 spiro atoms. The molecule has 0 aliphatic carbocycles. The van der Waals surface area contributed by atoms with Gasteiger partial charge in [-0.2, -0.15) is 0 Å². The van der Waals surface area contributed by atoms with Crippen LogP contribution in [-0.2, 0) is 22.5 Å². The molecule has 0 unspecified atom stereocenters. The van der Waals surface area contributed by atoms with E-state index in [1.807, 2.05) is 18.2 Å². The van der Waals surface area contributed by atoms with Crippen molar-refractivity contribution in [3.63, 3.8) is 0 Å². The van der Waals surface area contributed by atoms with Gasteiger partial charge < -0.3 is 19.7 Å². The van der Waals surface area contributed by atoms with Gasteiger partial charge in [-0.05, 0) is 48.6 Å². The Kier molecular flexibility index (Phi) is 6.76. The van der Waals surface area contributed by atoms with E-state index in [0.717, 1.165) is 62.8 Å². The molecular formula is C26H32ClN3O3. The maximum atomic E-state index is 13.4. The van der Waals surface area contributed by atoms with Gasteiger partial charge in [0.15, 0.2) is 0 Å². The van der Waals surface area contributed by atoms with Gasteiger partial charge in [0.25, 0.3) is 0 Å². The Balaban J connectivity index is 1.35. The lowest BCUT2D eigenvalue weighted by Crippen LogP contribution is -2.61. The van der Waals surface area contributed by atoms with Crippen LogP contribution >= 0.6 is 11.6 Å². The predicted octanol–water partition coefficient (Wildman–Crippen LogP) is 3.51. The minimum atomic E-state index is -0.0969. The number of halogens is 1. The summed E-state index contributed by atoms with van der Waals surface area (Å²) in [5.74, 6) is 0.896. The first kappa shape index (κ1) is 22.5. The molecule has 6 nitrogen and oxygen atoms in total. The number of carbonyl (C=O) groups is 1. The van der Waals surface area contributed by atoms with E-state index >= 15 is 0 Å². The van der Waals surface area contributed by atoms with Gasteiger partial charge in [0, 0.05) is 56.1 Å². The lowest BCUT2D eigenvalue weighted by Gasteiger charge is -2.49. The number of rotatable bonds is 6. The van der Waals surface area contributed by atoms with Gasteiger partial charge in [0.2, 0.25) is 5.91 Å². The topological polar surface area (TPSA) is 54.0 Å². The van der Waals surface area contributed by atoms with Crippen LogP contribution < -0.4 is 15.0 Å². The number of ether oxygens (including phenoxy) is 2. The third-order valence-electron chi connectivity index (χ3n) is 7.19. The first-order chi connectivity index (χ1) is 16.1. The maximum Gasteiger partial charge on any atom is 0.225 e. The van der Waals surface area contributed by atoms with Crippen molar-refractivity contribution in [3.05, 3.63) is 58.6 Å². The van der Waals surface area contributed by atoms with Crippen molar-refractivity contribution in [2.45, 2.75) is 38.0 Å². The molecule has 0 radical (unpaired) electrons. The first-order valence-electron chi connectivity index (χ1n) is 11.9. The molecule has 0 aromatic heterocycles. The van der Waals surface area contributed by atoms with Crippen LogP contribution in [0.4, 0.5) is 5.69 Å². The molecule has 33 heavy (non-hydrogen) atoms. The summed E-state index contributed by atoms with van der Waals surface area (Å²) in [4.78, 5) is 18.3. The zero-order valence-electron chi connectivity index (χ0n) is 19.1. The number of nitrogens with zero attached hydrogens (tertiary/aromatic N) is 2. The van der Waals surface area contributed by atoms with Gasteiger partial charge in [0.05, 0.1) is 25.2 Å². The SMILES string of the molecule is COc1ccc2c(c1)N1CCN(Cc3ccc(Cl)cc3)C[C@@H]1[C@@H](C(=O)NC[C@@H]1CCCO1)C2. The summed E-state index contributed by atoms with van der Waals surface area (Å²) in [6.07, 6.45) is 3.00. The Morgan fingerprint density at radius 1 is 1.21 bits per heavy atom. The van der Waals surface area contributed by atoms with Gasteiger partial charge in [-0.15, -0.1) is 0 Å². The average molecular weight is 470 g/mol. The van der Waals surface area contributed by atoms with Crippen LogP contribution in [0.2, 0.25) is 5.02 Å². The number of nitrogens with one attached hydrogen (secondary N) is 1. The van der Waals surface area contributed by atoms with Crippen molar-refractivity contribution in [1.82, 2.24) is 10.2 Å². The lowest BCUT2D eigenvalue weighted by molar-refractivity contribution is -0.126. The summed E-state index contributed by atoms with van der Waals surface area (Å²) in [6, 6.07) is 14.4. The zero-order valence-corrected chi connectivity index (χ0v) is 19.9. The summed E-state index contributed by atoms with van der Waals surface area (Å²) in [6.45, 7) is 4.93. The Labute approximate surface area is 200 Å². The lowest BCUT2D eigenvalue weighted by atomic mass is 9.83. The van der Waals surface area contributed by atoms with Crippen LogP contribution in [0.3, 0.4) is 0 Å². The highest BCUT2D eigenvalue weighted by Crippen LogP contribution is 2.38. The molecule has 3 atom stereocenters. The Morgan fingerprint density at radius 2 is 2.06 bits per heavy atom. The largest absolute Gasteiger partial charge is 0.497 e. The smallest absolute Gasteiger partial charge is 0.225 e. The van der Waals surface area contributed by atoms with Crippen LogP contribution in [-0.4, -0.2) is 62.8 Å². The number of carbonyl (C=O) groups excluding carboxylic acids is 1. The number of hydrogen-bond donors (Lipinski definition) is 1. The van der Waals surface area contributed by atoms with Crippen molar-refractivity contribution in [2.24, 2.45) is 5.92 Å².